The lowest BCUT2D eigenvalue weighted by Gasteiger charge is -2.24. The van der Waals surface area contributed by atoms with Gasteiger partial charge < -0.3 is 15.0 Å². The zero-order valence-electron chi connectivity index (χ0n) is 16.2. The monoisotopic (exact) mass is 366 g/mol. The van der Waals surface area contributed by atoms with Crippen LogP contribution in [0.4, 0.5) is 0 Å². The number of methoxy groups -OCH3 is 1. The first kappa shape index (κ1) is 19.4. The van der Waals surface area contributed by atoms with E-state index in [9.17, 15) is 4.79 Å². The van der Waals surface area contributed by atoms with Crippen LogP contribution in [-0.2, 0) is 17.8 Å². The summed E-state index contributed by atoms with van der Waals surface area (Å²) in [7, 11) is 1.68. The predicted octanol–water partition coefficient (Wildman–Crippen LogP) is 3.66. The first-order chi connectivity index (χ1) is 13.2. The summed E-state index contributed by atoms with van der Waals surface area (Å²) in [5, 5.41) is 3.39. The average molecular weight is 367 g/mol. The molecule has 0 aromatic heterocycles. The highest BCUT2D eigenvalue weighted by Gasteiger charge is 2.19. The van der Waals surface area contributed by atoms with Crippen LogP contribution < -0.4 is 10.1 Å². The molecule has 1 N–H and O–H groups in total. The molecule has 3 rings (SSSR count). The van der Waals surface area contributed by atoms with Crippen LogP contribution in [0.25, 0.3) is 0 Å². The third-order valence-corrected chi connectivity index (χ3v) is 5.33. The molecular formula is C23H30N2O2. The van der Waals surface area contributed by atoms with E-state index in [4.69, 9.17) is 4.74 Å². The lowest BCUT2D eigenvalue weighted by Crippen LogP contribution is -2.32. The number of amides is 1. The van der Waals surface area contributed by atoms with Gasteiger partial charge in [-0.15, -0.1) is 0 Å². The van der Waals surface area contributed by atoms with Gasteiger partial charge in [0.05, 0.1) is 7.11 Å². The molecule has 1 fully saturated rings. The quantitative estimate of drug-likeness (QED) is 0.736. The molecular weight excluding hydrogens is 336 g/mol. The molecule has 1 aliphatic rings. The fourth-order valence-electron chi connectivity index (χ4n) is 3.60. The van der Waals surface area contributed by atoms with Crippen molar-refractivity contribution in [1.82, 2.24) is 10.2 Å². The van der Waals surface area contributed by atoms with Crippen molar-refractivity contribution in [3.8, 4) is 5.75 Å². The highest BCUT2D eigenvalue weighted by molar-refractivity contribution is 5.76. The predicted molar refractivity (Wildman–Crippen MR) is 109 cm³/mol. The van der Waals surface area contributed by atoms with Crippen LogP contribution in [0.1, 0.15) is 30.4 Å². The minimum atomic E-state index is 0.263. The SMILES string of the molecule is COc1ccc(CCN(Cc2ccccc2)C(=O)CCC2CCNC2)cc1. The maximum Gasteiger partial charge on any atom is 0.222 e. The Labute approximate surface area is 162 Å². The van der Waals surface area contributed by atoms with Gasteiger partial charge in [0.2, 0.25) is 5.91 Å². The third-order valence-electron chi connectivity index (χ3n) is 5.33. The van der Waals surface area contributed by atoms with Crippen molar-refractivity contribution in [2.24, 2.45) is 5.92 Å². The minimum Gasteiger partial charge on any atom is -0.497 e. The van der Waals surface area contributed by atoms with Gasteiger partial charge in [0, 0.05) is 19.5 Å². The van der Waals surface area contributed by atoms with Gasteiger partial charge in [-0.25, -0.2) is 0 Å². The summed E-state index contributed by atoms with van der Waals surface area (Å²) < 4.78 is 5.22. The Morgan fingerprint density at radius 1 is 1.11 bits per heavy atom. The van der Waals surface area contributed by atoms with E-state index < -0.39 is 0 Å². The molecule has 1 aliphatic heterocycles. The fraction of sp³-hybridized carbons (Fsp3) is 0.435. The van der Waals surface area contributed by atoms with Gasteiger partial charge >= 0.3 is 0 Å². The van der Waals surface area contributed by atoms with Gasteiger partial charge in [0.1, 0.15) is 5.75 Å². The number of nitrogens with zero attached hydrogens (tertiary/aromatic N) is 1. The van der Waals surface area contributed by atoms with E-state index in [-0.39, 0.29) is 5.91 Å². The van der Waals surface area contributed by atoms with E-state index in [2.05, 4.69) is 29.6 Å². The molecule has 0 saturated carbocycles. The molecule has 144 valence electrons. The second-order valence-electron chi connectivity index (χ2n) is 7.30. The molecule has 1 heterocycles. The number of carbonyl (C=O) groups is 1. The minimum absolute atomic E-state index is 0.263. The van der Waals surface area contributed by atoms with Crippen molar-refractivity contribution in [3.63, 3.8) is 0 Å². The second-order valence-corrected chi connectivity index (χ2v) is 7.30. The summed E-state index contributed by atoms with van der Waals surface area (Å²) in [6, 6.07) is 18.4. The van der Waals surface area contributed by atoms with Crippen molar-refractivity contribution in [1.29, 1.82) is 0 Å². The Balaban J connectivity index is 1.59. The lowest BCUT2D eigenvalue weighted by molar-refractivity contribution is -0.132. The zero-order valence-corrected chi connectivity index (χ0v) is 16.2. The number of nitrogens with one attached hydrogen (secondary N) is 1. The summed E-state index contributed by atoms with van der Waals surface area (Å²) in [6.45, 7) is 3.56. The highest BCUT2D eigenvalue weighted by Crippen LogP contribution is 2.17. The van der Waals surface area contributed by atoms with Crippen LogP contribution in [0, 0.1) is 5.92 Å². The molecule has 1 atom stereocenters. The van der Waals surface area contributed by atoms with Gasteiger partial charge in [-0.05, 0) is 61.5 Å². The number of benzene rings is 2. The molecule has 1 amide bonds. The van der Waals surface area contributed by atoms with E-state index >= 15 is 0 Å². The van der Waals surface area contributed by atoms with Crippen LogP contribution in [0.3, 0.4) is 0 Å². The van der Waals surface area contributed by atoms with Gasteiger partial charge in [0.25, 0.3) is 0 Å². The van der Waals surface area contributed by atoms with E-state index in [1.165, 1.54) is 17.5 Å². The van der Waals surface area contributed by atoms with E-state index in [1.54, 1.807) is 7.11 Å². The van der Waals surface area contributed by atoms with Gasteiger partial charge in [-0.1, -0.05) is 42.5 Å². The van der Waals surface area contributed by atoms with E-state index in [1.807, 2.05) is 35.2 Å². The number of carbonyl (C=O) groups excluding carboxylic acids is 1. The maximum absolute atomic E-state index is 12.9. The number of ether oxygens (including phenoxy) is 1. The van der Waals surface area contributed by atoms with Crippen LogP contribution in [0.15, 0.2) is 54.6 Å². The second kappa shape index (κ2) is 10.1. The largest absolute Gasteiger partial charge is 0.497 e. The van der Waals surface area contributed by atoms with Crippen LogP contribution >= 0.6 is 0 Å². The molecule has 4 nitrogen and oxygen atoms in total. The van der Waals surface area contributed by atoms with E-state index in [0.29, 0.717) is 18.9 Å². The zero-order chi connectivity index (χ0) is 18.9. The molecule has 0 radical (unpaired) electrons. The van der Waals surface area contributed by atoms with Crippen molar-refractivity contribution < 1.29 is 9.53 Å². The van der Waals surface area contributed by atoms with Crippen LogP contribution in [0.5, 0.6) is 5.75 Å². The molecule has 0 bridgehead atoms. The Hall–Kier alpha value is -2.33. The van der Waals surface area contributed by atoms with E-state index in [0.717, 1.165) is 38.2 Å². The highest BCUT2D eigenvalue weighted by atomic mass is 16.5. The first-order valence-corrected chi connectivity index (χ1v) is 9.90. The molecule has 1 unspecified atom stereocenters. The van der Waals surface area contributed by atoms with Gasteiger partial charge in [0.15, 0.2) is 0 Å². The summed E-state index contributed by atoms with van der Waals surface area (Å²) in [4.78, 5) is 14.9. The summed E-state index contributed by atoms with van der Waals surface area (Å²) in [5.41, 5.74) is 2.41. The molecule has 0 aliphatic carbocycles. The van der Waals surface area contributed by atoms with Gasteiger partial charge in [-0.3, -0.25) is 4.79 Å². The number of hydrogen-bond acceptors (Lipinski definition) is 3. The molecule has 2 aromatic carbocycles. The van der Waals surface area contributed by atoms with Crippen LogP contribution in [-0.4, -0.2) is 37.6 Å². The summed E-state index contributed by atoms with van der Waals surface area (Å²) in [5.74, 6) is 1.77. The topological polar surface area (TPSA) is 41.6 Å². The van der Waals surface area contributed by atoms with Crippen molar-refractivity contribution >= 4 is 5.91 Å². The smallest absolute Gasteiger partial charge is 0.222 e. The summed E-state index contributed by atoms with van der Waals surface area (Å²) >= 11 is 0. The Bertz CT molecular complexity index is 694. The fourth-order valence-corrected chi connectivity index (χ4v) is 3.60. The number of rotatable bonds is 9. The number of hydrogen-bond donors (Lipinski definition) is 1. The third kappa shape index (κ3) is 6.10. The normalized spacial score (nSPS) is 16.3. The average Bonchev–Trinajstić information content (AvgIpc) is 3.24. The van der Waals surface area contributed by atoms with Crippen molar-refractivity contribution in [2.45, 2.75) is 32.2 Å². The molecule has 0 spiro atoms. The molecule has 4 heteroatoms. The summed E-state index contributed by atoms with van der Waals surface area (Å²) in [6.07, 6.45) is 3.67. The molecule has 1 saturated heterocycles. The standard InChI is InChI=1S/C23H30N2O2/c1-27-22-10-7-19(8-11-22)14-16-25(18-21-5-3-2-4-6-21)23(26)12-9-20-13-15-24-17-20/h2-8,10-11,20,24H,9,12-18H2,1H3. The Kier molecular flexibility index (Phi) is 7.28. The van der Waals surface area contributed by atoms with Gasteiger partial charge in [-0.2, -0.15) is 0 Å². The van der Waals surface area contributed by atoms with Crippen molar-refractivity contribution in [2.75, 3.05) is 26.7 Å². The van der Waals surface area contributed by atoms with Crippen molar-refractivity contribution in [3.05, 3.63) is 65.7 Å². The Morgan fingerprint density at radius 2 is 1.89 bits per heavy atom. The first-order valence-electron chi connectivity index (χ1n) is 9.90. The molecule has 27 heavy (non-hydrogen) atoms. The Morgan fingerprint density at radius 3 is 2.56 bits per heavy atom. The van der Waals surface area contributed by atoms with Crippen LogP contribution in [0.2, 0.25) is 0 Å². The maximum atomic E-state index is 12.9. The lowest BCUT2D eigenvalue weighted by atomic mass is 10.0. The molecule has 2 aromatic rings.